The first-order valence-electron chi connectivity index (χ1n) is 8.76. The molecule has 116 valence electrons. The van der Waals surface area contributed by atoms with E-state index in [1.54, 1.807) is 0 Å². The van der Waals surface area contributed by atoms with Gasteiger partial charge in [-0.05, 0) is 69.8 Å². The minimum Gasteiger partial charge on any atom is -0.313 e. The van der Waals surface area contributed by atoms with Crippen molar-refractivity contribution in [2.24, 2.45) is 5.41 Å². The molecule has 1 aliphatic heterocycles. The molecule has 1 heterocycles. The van der Waals surface area contributed by atoms with E-state index in [0.29, 0.717) is 6.04 Å². The highest BCUT2D eigenvalue weighted by Crippen LogP contribution is 2.46. The Balaban J connectivity index is 1.47. The molecule has 2 heteroatoms. The molecule has 0 amide bonds. The second kappa shape index (κ2) is 6.93. The Morgan fingerprint density at radius 3 is 2.33 bits per heavy atom. The van der Waals surface area contributed by atoms with Gasteiger partial charge in [-0.3, -0.25) is 0 Å². The van der Waals surface area contributed by atoms with Crippen molar-refractivity contribution in [2.45, 2.75) is 51.0 Å². The molecule has 1 atom stereocenters. The van der Waals surface area contributed by atoms with Gasteiger partial charge in [0.2, 0.25) is 0 Å². The third-order valence-corrected chi connectivity index (χ3v) is 5.87. The molecule has 1 saturated carbocycles. The van der Waals surface area contributed by atoms with Crippen LogP contribution in [0, 0.1) is 5.41 Å². The number of benzene rings is 1. The molecule has 0 radical (unpaired) electrons. The summed E-state index contributed by atoms with van der Waals surface area (Å²) in [6, 6.07) is 11.4. The van der Waals surface area contributed by atoms with Crippen molar-refractivity contribution in [3.05, 3.63) is 35.9 Å². The molecule has 1 unspecified atom stereocenters. The Morgan fingerprint density at radius 2 is 1.71 bits per heavy atom. The molecule has 21 heavy (non-hydrogen) atoms. The third kappa shape index (κ3) is 3.67. The van der Waals surface area contributed by atoms with Crippen LogP contribution in [0.5, 0.6) is 0 Å². The van der Waals surface area contributed by atoms with Crippen LogP contribution < -0.4 is 5.32 Å². The molecule has 2 fully saturated rings. The van der Waals surface area contributed by atoms with Crippen molar-refractivity contribution in [1.29, 1.82) is 0 Å². The van der Waals surface area contributed by atoms with Crippen LogP contribution >= 0.6 is 0 Å². The van der Waals surface area contributed by atoms with Gasteiger partial charge in [0.05, 0.1) is 0 Å². The smallest absolute Gasteiger partial charge is 0.0329 e. The Labute approximate surface area is 129 Å². The van der Waals surface area contributed by atoms with Crippen LogP contribution in [-0.4, -0.2) is 31.6 Å². The largest absolute Gasteiger partial charge is 0.313 e. The van der Waals surface area contributed by atoms with Gasteiger partial charge >= 0.3 is 0 Å². The average molecular weight is 286 g/mol. The molecule has 2 nitrogen and oxygen atoms in total. The van der Waals surface area contributed by atoms with Crippen LogP contribution in [0.3, 0.4) is 0 Å². The zero-order chi connectivity index (χ0) is 14.5. The quantitative estimate of drug-likeness (QED) is 0.880. The fourth-order valence-corrected chi connectivity index (χ4v) is 4.35. The topological polar surface area (TPSA) is 15.3 Å². The molecule has 2 aliphatic rings. The van der Waals surface area contributed by atoms with E-state index in [9.17, 15) is 0 Å². The van der Waals surface area contributed by atoms with Crippen LogP contribution in [0.25, 0.3) is 0 Å². The maximum Gasteiger partial charge on any atom is 0.0329 e. The van der Waals surface area contributed by atoms with Gasteiger partial charge in [0.1, 0.15) is 0 Å². The maximum absolute atomic E-state index is 3.48. The van der Waals surface area contributed by atoms with Crippen LogP contribution in [0.1, 0.15) is 56.6 Å². The van der Waals surface area contributed by atoms with E-state index in [-0.39, 0.29) is 0 Å². The van der Waals surface area contributed by atoms with Crippen molar-refractivity contribution in [3.63, 3.8) is 0 Å². The summed E-state index contributed by atoms with van der Waals surface area (Å²) in [5, 5.41) is 3.48. The Kier molecular flexibility index (Phi) is 4.97. The van der Waals surface area contributed by atoms with E-state index < -0.39 is 0 Å². The Hall–Kier alpha value is -0.860. The summed E-state index contributed by atoms with van der Waals surface area (Å²) in [4.78, 5) is 2.69. The highest BCUT2D eigenvalue weighted by Gasteiger charge is 2.36. The highest BCUT2D eigenvalue weighted by atomic mass is 15.1. The lowest BCUT2D eigenvalue weighted by Crippen LogP contribution is -2.40. The number of rotatable bonds is 5. The summed E-state index contributed by atoms with van der Waals surface area (Å²) in [5.41, 5.74) is 2.17. The Bertz CT molecular complexity index is 412. The third-order valence-electron chi connectivity index (χ3n) is 5.87. The average Bonchev–Trinajstić information content (AvgIpc) is 2.99. The number of hydrogen-bond donors (Lipinski definition) is 1. The van der Waals surface area contributed by atoms with E-state index in [1.165, 1.54) is 70.1 Å². The van der Waals surface area contributed by atoms with Crippen molar-refractivity contribution < 1.29 is 0 Å². The van der Waals surface area contributed by atoms with Crippen molar-refractivity contribution in [3.8, 4) is 0 Å². The van der Waals surface area contributed by atoms with Crippen LogP contribution in [0.2, 0.25) is 0 Å². The van der Waals surface area contributed by atoms with Gasteiger partial charge in [-0.2, -0.15) is 0 Å². The van der Waals surface area contributed by atoms with Gasteiger partial charge in [0.25, 0.3) is 0 Å². The maximum atomic E-state index is 3.48. The predicted octanol–water partition coefficient (Wildman–Crippen LogP) is 3.99. The van der Waals surface area contributed by atoms with Gasteiger partial charge in [-0.15, -0.1) is 0 Å². The van der Waals surface area contributed by atoms with Gasteiger partial charge < -0.3 is 10.2 Å². The molecule has 1 spiro atoms. The van der Waals surface area contributed by atoms with Crippen LogP contribution in [-0.2, 0) is 0 Å². The molecule has 1 saturated heterocycles. The van der Waals surface area contributed by atoms with Gasteiger partial charge in [0, 0.05) is 6.04 Å². The predicted molar refractivity (Wildman–Crippen MR) is 89.4 cm³/mol. The molecule has 1 N–H and O–H groups in total. The monoisotopic (exact) mass is 286 g/mol. The molecule has 1 aromatic rings. The summed E-state index contributed by atoms with van der Waals surface area (Å²) in [6.07, 6.45) is 10.1. The minimum atomic E-state index is 0.494. The fraction of sp³-hybridized carbons (Fsp3) is 0.684. The molecule has 1 aliphatic carbocycles. The molecule has 0 bridgehead atoms. The second-order valence-electron chi connectivity index (χ2n) is 7.09. The highest BCUT2D eigenvalue weighted by molar-refractivity contribution is 5.18. The van der Waals surface area contributed by atoms with Crippen molar-refractivity contribution in [2.75, 3.05) is 26.7 Å². The van der Waals surface area contributed by atoms with E-state index in [4.69, 9.17) is 0 Å². The van der Waals surface area contributed by atoms with Gasteiger partial charge in [-0.1, -0.05) is 43.2 Å². The summed E-state index contributed by atoms with van der Waals surface area (Å²) in [5.74, 6) is 0. The van der Waals surface area contributed by atoms with E-state index >= 15 is 0 Å². The van der Waals surface area contributed by atoms with Crippen molar-refractivity contribution >= 4 is 0 Å². The number of nitrogens with zero attached hydrogens (tertiary/aromatic N) is 1. The summed E-state index contributed by atoms with van der Waals surface area (Å²) in [6.45, 7) is 3.88. The van der Waals surface area contributed by atoms with Crippen LogP contribution in [0.4, 0.5) is 0 Å². The molecular formula is C19H30N2. The van der Waals surface area contributed by atoms with Crippen LogP contribution in [0.15, 0.2) is 30.3 Å². The Morgan fingerprint density at radius 1 is 1.05 bits per heavy atom. The zero-order valence-corrected chi connectivity index (χ0v) is 13.5. The number of likely N-dealkylation sites (tertiary alicyclic amines) is 1. The molecule has 3 rings (SSSR count). The first kappa shape index (κ1) is 15.1. The summed E-state index contributed by atoms with van der Waals surface area (Å²) >= 11 is 0. The summed E-state index contributed by atoms with van der Waals surface area (Å²) < 4.78 is 0. The second-order valence-corrected chi connectivity index (χ2v) is 7.09. The number of nitrogens with one attached hydrogen (secondary N) is 1. The van der Waals surface area contributed by atoms with E-state index in [0.717, 1.165) is 5.41 Å². The number of hydrogen-bond acceptors (Lipinski definition) is 2. The lowest BCUT2D eigenvalue weighted by Gasteiger charge is -2.39. The van der Waals surface area contributed by atoms with E-state index in [2.05, 4.69) is 47.6 Å². The molecular weight excluding hydrogens is 256 g/mol. The minimum absolute atomic E-state index is 0.494. The first-order chi connectivity index (χ1) is 10.3. The SMILES string of the molecule is CNC(CCN1CCC2(CCCC2)CC1)c1ccccc1. The first-order valence-corrected chi connectivity index (χ1v) is 8.76. The van der Waals surface area contributed by atoms with E-state index in [1.807, 2.05) is 0 Å². The van der Waals surface area contributed by atoms with Crippen molar-refractivity contribution in [1.82, 2.24) is 10.2 Å². The van der Waals surface area contributed by atoms with Gasteiger partial charge in [-0.25, -0.2) is 0 Å². The molecule has 1 aromatic carbocycles. The zero-order valence-electron chi connectivity index (χ0n) is 13.5. The molecule has 0 aromatic heterocycles. The number of piperidine rings is 1. The summed E-state index contributed by atoms with van der Waals surface area (Å²) in [7, 11) is 2.08. The lowest BCUT2D eigenvalue weighted by molar-refractivity contribution is 0.105. The standard InChI is InChI=1S/C19H30N2/c1-20-18(17-7-3-2-4-8-17)9-14-21-15-12-19(13-16-21)10-5-6-11-19/h2-4,7-8,18,20H,5-6,9-16H2,1H3. The normalized spacial score (nSPS) is 23.5. The van der Waals surface area contributed by atoms with Gasteiger partial charge in [0.15, 0.2) is 0 Å². The fourth-order valence-electron chi connectivity index (χ4n) is 4.35. The lowest BCUT2D eigenvalue weighted by atomic mass is 9.77.